The predicted molar refractivity (Wildman–Crippen MR) is 154 cm³/mol. The molecule has 0 spiro atoms. The second kappa shape index (κ2) is 18.6. The molecule has 40 heavy (non-hydrogen) atoms. The van der Waals surface area contributed by atoms with Gasteiger partial charge in [0.25, 0.3) is 0 Å². The van der Waals surface area contributed by atoms with Gasteiger partial charge in [-0.25, -0.2) is 4.79 Å². The normalized spacial score (nSPS) is 13.9. The molecule has 0 bridgehead atoms. The minimum absolute atomic E-state index is 0.0115. The van der Waals surface area contributed by atoms with Crippen molar-refractivity contribution in [3.63, 3.8) is 0 Å². The lowest BCUT2D eigenvalue weighted by atomic mass is 10.00. The van der Waals surface area contributed by atoms with E-state index < -0.39 is 47.9 Å². The van der Waals surface area contributed by atoms with Crippen LogP contribution in [-0.4, -0.2) is 72.0 Å². The molecule has 0 aromatic heterocycles. The molecule has 1 aromatic carbocycles. The van der Waals surface area contributed by atoms with Crippen molar-refractivity contribution in [2.24, 2.45) is 33.8 Å². The highest BCUT2D eigenvalue weighted by molar-refractivity contribution is 5.94. The van der Waals surface area contributed by atoms with Crippen molar-refractivity contribution in [3.8, 4) is 0 Å². The van der Waals surface area contributed by atoms with Crippen molar-refractivity contribution in [1.82, 2.24) is 16.0 Å². The maximum atomic E-state index is 13.4. The van der Waals surface area contributed by atoms with Crippen LogP contribution in [0.25, 0.3) is 0 Å². The minimum Gasteiger partial charge on any atom is -0.480 e. The van der Waals surface area contributed by atoms with Crippen LogP contribution in [0.3, 0.4) is 0 Å². The van der Waals surface area contributed by atoms with E-state index >= 15 is 0 Å². The summed E-state index contributed by atoms with van der Waals surface area (Å²) in [6.45, 7) is 4.49. The molecule has 0 radical (unpaired) electrons. The molecule has 224 valence electrons. The summed E-state index contributed by atoms with van der Waals surface area (Å²) in [5.74, 6) is -2.93. The van der Waals surface area contributed by atoms with Crippen molar-refractivity contribution in [3.05, 3.63) is 35.9 Å². The lowest BCUT2D eigenvalue weighted by Crippen LogP contribution is -2.57. The Hall–Kier alpha value is -3.71. The topological polar surface area (TPSA) is 241 Å². The second-order valence-corrected chi connectivity index (χ2v) is 10.2. The Labute approximate surface area is 235 Å². The molecule has 0 fully saturated rings. The van der Waals surface area contributed by atoms with Crippen LogP contribution in [0.4, 0.5) is 0 Å². The third-order valence-electron chi connectivity index (χ3n) is 6.12. The number of nitrogens with two attached hydrogens (primary N) is 4. The number of nitrogens with zero attached hydrogens (tertiary/aromatic N) is 1. The number of guanidine groups is 1. The number of carbonyl (C=O) groups is 4. The minimum atomic E-state index is -1.16. The summed E-state index contributed by atoms with van der Waals surface area (Å²) in [5, 5.41) is 17.5. The molecule has 12 N–H and O–H groups in total. The molecule has 3 amide bonds. The number of hydrogen-bond acceptors (Lipinski definition) is 7. The number of aliphatic carboxylic acids is 1. The van der Waals surface area contributed by atoms with E-state index in [0.29, 0.717) is 38.8 Å². The SMILES string of the molecule is CC(C)CC(NC(=O)C(Cc1ccccc1)NC(=O)C(N)CCCN=C(N)N)C(=O)NC(CCCCN)C(=O)O. The van der Waals surface area contributed by atoms with Crippen LogP contribution in [0.1, 0.15) is 57.9 Å². The Bertz CT molecular complexity index is 969. The molecule has 0 aliphatic carbocycles. The van der Waals surface area contributed by atoms with Gasteiger partial charge >= 0.3 is 5.97 Å². The van der Waals surface area contributed by atoms with Gasteiger partial charge in [0, 0.05) is 13.0 Å². The zero-order valence-corrected chi connectivity index (χ0v) is 23.5. The van der Waals surface area contributed by atoms with E-state index in [9.17, 15) is 24.3 Å². The van der Waals surface area contributed by atoms with Gasteiger partial charge in [0.1, 0.15) is 18.1 Å². The van der Waals surface area contributed by atoms with Crippen molar-refractivity contribution >= 4 is 29.7 Å². The summed E-state index contributed by atoms with van der Waals surface area (Å²) in [7, 11) is 0. The van der Waals surface area contributed by atoms with Crippen LogP contribution in [0.5, 0.6) is 0 Å². The summed E-state index contributed by atoms with van der Waals surface area (Å²) in [6, 6.07) is 5.05. The number of nitrogens with one attached hydrogen (secondary N) is 3. The number of rotatable bonds is 19. The summed E-state index contributed by atoms with van der Waals surface area (Å²) in [5.41, 5.74) is 23.0. The van der Waals surface area contributed by atoms with Crippen LogP contribution < -0.4 is 38.9 Å². The fraction of sp³-hybridized carbons (Fsp3) is 0.593. The smallest absolute Gasteiger partial charge is 0.326 e. The maximum absolute atomic E-state index is 13.4. The van der Waals surface area contributed by atoms with Crippen LogP contribution in [-0.2, 0) is 25.6 Å². The van der Waals surface area contributed by atoms with Gasteiger partial charge in [-0.1, -0.05) is 44.2 Å². The van der Waals surface area contributed by atoms with E-state index in [2.05, 4.69) is 20.9 Å². The molecular weight excluding hydrogens is 516 g/mol. The van der Waals surface area contributed by atoms with Crippen molar-refractivity contribution in [1.29, 1.82) is 0 Å². The Balaban J connectivity index is 3.03. The van der Waals surface area contributed by atoms with E-state index in [-0.39, 0.29) is 31.1 Å². The summed E-state index contributed by atoms with van der Waals surface area (Å²) in [6.07, 6.45) is 2.56. The highest BCUT2D eigenvalue weighted by Crippen LogP contribution is 2.10. The van der Waals surface area contributed by atoms with E-state index in [1.54, 1.807) is 0 Å². The highest BCUT2D eigenvalue weighted by atomic mass is 16.4. The van der Waals surface area contributed by atoms with Crippen LogP contribution in [0.15, 0.2) is 35.3 Å². The van der Waals surface area contributed by atoms with Crippen LogP contribution >= 0.6 is 0 Å². The largest absolute Gasteiger partial charge is 0.480 e. The average Bonchev–Trinajstić information content (AvgIpc) is 2.89. The van der Waals surface area contributed by atoms with Gasteiger partial charge in [-0.05, 0) is 56.6 Å². The molecule has 13 heteroatoms. The molecule has 4 unspecified atom stereocenters. The van der Waals surface area contributed by atoms with Gasteiger partial charge in [-0.2, -0.15) is 0 Å². The zero-order chi connectivity index (χ0) is 30.1. The van der Waals surface area contributed by atoms with Gasteiger partial charge in [-0.15, -0.1) is 0 Å². The average molecular weight is 563 g/mol. The molecule has 1 rings (SSSR count). The van der Waals surface area contributed by atoms with Crippen molar-refractivity contribution < 1.29 is 24.3 Å². The van der Waals surface area contributed by atoms with E-state index in [0.717, 1.165) is 5.56 Å². The molecule has 0 aliphatic rings. The third-order valence-corrected chi connectivity index (χ3v) is 6.12. The van der Waals surface area contributed by atoms with Gasteiger partial charge in [0.2, 0.25) is 17.7 Å². The first-order valence-corrected chi connectivity index (χ1v) is 13.6. The Kier molecular flexibility index (Phi) is 15.9. The lowest BCUT2D eigenvalue weighted by molar-refractivity contribution is -0.142. The number of benzene rings is 1. The Morgan fingerprint density at radius 3 is 2.02 bits per heavy atom. The Morgan fingerprint density at radius 1 is 0.850 bits per heavy atom. The van der Waals surface area contributed by atoms with Crippen molar-refractivity contribution in [2.75, 3.05) is 13.1 Å². The number of aliphatic imine (C=N–C) groups is 1. The molecule has 0 heterocycles. The maximum Gasteiger partial charge on any atom is 0.326 e. The monoisotopic (exact) mass is 562 g/mol. The fourth-order valence-corrected chi connectivity index (χ4v) is 3.99. The summed E-state index contributed by atoms with van der Waals surface area (Å²) in [4.78, 5) is 55.0. The summed E-state index contributed by atoms with van der Waals surface area (Å²) < 4.78 is 0. The fourth-order valence-electron chi connectivity index (χ4n) is 3.99. The van der Waals surface area contributed by atoms with Gasteiger partial charge in [-0.3, -0.25) is 19.4 Å². The first kappa shape index (κ1) is 34.3. The number of amides is 3. The van der Waals surface area contributed by atoms with Crippen LogP contribution in [0, 0.1) is 5.92 Å². The van der Waals surface area contributed by atoms with Gasteiger partial charge < -0.3 is 44.0 Å². The second-order valence-electron chi connectivity index (χ2n) is 10.2. The van der Waals surface area contributed by atoms with E-state index in [1.807, 2.05) is 44.2 Å². The number of carboxylic acids is 1. The molecule has 13 nitrogen and oxygen atoms in total. The number of unbranched alkanes of at least 4 members (excludes halogenated alkanes) is 1. The number of hydrogen-bond donors (Lipinski definition) is 8. The van der Waals surface area contributed by atoms with E-state index in [4.69, 9.17) is 22.9 Å². The molecular formula is C27H46N8O5. The molecule has 4 atom stereocenters. The summed E-state index contributed by atoms with van der Waals surface area (Å²) >= 11 is 0. The van der Waals surface area contributed by atoms with Gasteiger partial charge in [0.15, 0.2) is 5.96 Å². The molecule has 0 saturated carbocycles. The van der Waals surface area contributed by atoms with Gasteiger partial charge in [0.05, 0.1) is 6.04 Å². The highest BCUT2D eigenvalue weighted by Gasteiger charge is 2.30. The van der Waals surface area contributed by atoms with E-state index in [1.165, 1.54) is 0 Å². The number of carboxylic acid groups (broad SMARTS) is 1. The quantitative estimate of drug-likeness (QED) is 0.0604. The zero-order valence-electron chi connectivity index (χ0n) is 23.5. The lowest BCUT2D eigenvalue weighted by Gasteiger charge is -2.26. The molecule has 0 aliphatic heterocycles. The third kappa shape index (κ3) is 13.9. The van der Waals surface area contributed by atoms with Crippen LogP contribution in [0.2, 0.25) is 0 Å². The van der Waals surface area contributed by atoms with Crippen molar-refractivity contribution in [2.45, 2.75) is 83.0 Å². The number of carbonyl (C=O) groups excluding carboxylic acids is 3. The molecule has 1 aromatic rings. The first-order chi connectivity index (χ1) is 18.9. The first-order valence-electron chi connectivity index (χ1n) is 13.6. The standard InChI is InChI=1S/C27H46N8O5/c1-17(2)15-21(24(37)33-20(26(39)40)12-6-7-13-28)35-25(38)22(16-18-9-4-3-5-10-18)34-23(36)19(29)11-8-14-32-27(30)31/h3-5,9-10,17,19-22H,6-8,11-16,28-29H2,1-2H3,(H,33,37)(H,34,36)(H,35,38)(H,39,40)(H4,30,31,32). The Morgan fingerprint density at radius 2 is 1.45 bits per heavy atom. The predicted octanol–water partition coefficient (Wildman–Crippen LogP) is -0.676. The molecule has 0 saturated heterocycles.